The predicted molar refractivity (Wildman–Crippen MR) is 85.9 cm³/mol. The van der Waals surface area contributed by atoms with Gasteiger partial charge < -0.3 is 5.32 Å². The van der Waals surface area contributed by atoms with E-state index in [1.54, 1.807) is 0 Å². The molecule has 4 heteroatoms. The third kappa shape index (κ3) is 4.19. The fourth-order valence-electron chi connectivity index (χ4n) is 2.70. The molecule has 106 valence electrons. The summed E-state index contributed by atoms with van der Waals surface area (Å²) in [5.41, 5.74) is 1.37. The Morgan fingerprint density at radius 1 is 1.37 bits per heavy atom. The number of nitrogens with zero attached hydrogens (tertiary/aromatic N) is 1. The first kappa shape index (κ1) is 15.3. The van der Waals surface area contributed by atoms with Crippen molar-refractivity contribution in [2.75, 3.05) is 26.2 Å². The van der Waals surface area contributed by atoms with Gasteiger partial charge in [0.1, 0.15) is 0 Å². The number of piperazine rings is 1. The van der Waals surface area contributed by atoms with Gasteiger partial charge in [-0.3, -0.25) is 4.90 Å². The highest BCUT2D eigenvalue weighted by Gasteiger charge is 2.23. The minimum absolute atomic E-state index is 0.508. The monoisotopic (exact) mass is 344 g/mol. The fourth-order valence-corrected chi connectivity index (χ4v) is 3.64. The highest BCUT2D eigenvalue weighted by Crippen LogP contribution is 2.33. The molecule has 0 radical (unpaired) electrons. The number of halogens is 2. The second-order valence-corrected chi connectivity index (χ2v) is 6.40. The van der Waals surface area contributed by atoms with Gasteiger partial charge in [0.2, 0.25) is 0 Å². The molecule has 1 aliphatic heterocycles. The van der Waals surface area contributed by atoms with Crippen molar-refractivity contribution in [3.05, 3.63) is 33.3 Å². The lowest BCUT2D eigenvalue weighted by Gasteiger charge is -2.35. The Labute approximate surface area is 129 Å². The van der Waals surface area contributed by atoms with Gasteiger partial charge in [0.05, 0.1) is 0 Å². The van der Waals surface area contributed by atoms with Gasteiger partial charge in [0, 0.05) is 41.7 Å². The van der Waals surface area contributed by atoms with E-state index in [0.717, 1.165) is 35.7 Å². The first-order valence-electron chi connectivity index (χ1n) is 7.12. The molecule has 2 nitrogen and oxygen atoms in total. The second-order valence-electron chi connectivity index (χ2n) is 5.11. The SMILES string of the molecule is CCCC[C@H](c1ccc(Cl)cc1Br)N1CCNCC1. The molecule has 1 aromatic carbocycles. The number of unbranched alkanes of at least 4 members (excludes halogenated alkanes) is 1. The largest absolute Gasteiger partial charge is 0.314 e. The molecule has 2 rings (SSSR count). The molecule has 1 saturated heterocycles. The Bertz CT molecular complexity index is 405. The van der Waals surface area contributed by atoms with E-state index in [9.17, 15) is 0 Å². The summed E-state index contributed by atoms with van der Waals surface area (Å²) in [6, 6.07) is 6.70. The van der Waals surface area contributed by atoms with Crippen molar-refractivity contribution in [3.63, 3.8) is 0 Å². The lowest BCUT2D eigenvalue weighted by atomic mass is 9.99. The summed E-state index contributed by atoms with van der Waals surface area (Å²) < 4.78 is 1.14. The molecular formula is C15H22BrClN2. The van der Waals surface area contributed by atoms with Crippen molar-refractivity contribution >= 4 is 27.5 Å². The highest BCUT2D eigenvalue weighted by molar-refractivity contribution is 9.10. The number of hydrogen-bond acceptors (Lipinski definition) is 2. The topological polar surface area (TPSA) is 15.3 Å². The summed E-state index contributed by atoms with van der Waals surface area (Å²) in [4.78, 5) is 2.60. The van der Waals surface area contributed by atoms with Crippen molar-refractivity contribution in [1.82, 2.24) is 10.2 Å². The van der Waals surface area contributed by atoms with Crippen LogP contribution >= 0.6 is 27.5 Å². The first-order valence-corrected chi connectivity index (χ1v) is 8.29. The zero-order chi connectivity index (χ0) is 13.7. The molecule has 1 fully saturated rings. The van der Waals surface area contributed by atoms with Gasteiger partial charge in [-0.25, -0.2) is 0 Å². The second kappa shape index (κ2) is 7.63. The third-order valence-electron chi connectivity index (χ3n) is 3.74. The van der Waals surface area contributed by atoms with Gasteiger partial charge in [-0.05, 0) is 24.1 Å². The maximum absolute atomic E-state index is 6.06. The van der Waals surface area contributed by atoms with Gasteiger partial charge in [-0.2, -0.15) is 0 Å². The van der Waals surface area contributed by atoms with E-state index >= 15 is 0 Å². The molecule has 0 aromatic heterocycles. The maximum atomic E-state index is 6.06. The van der Waals surface area contributed by atoms with Crippen LogP contribution in [0.3, 0.4) is 0 Å². The van der Waals surface area contributed by atoms with Crippen molar-refractivity contribution < 1.29 is 0 Å². The normalized spacial score (nSPS) is 18.5. The van der Waals surface area contributed by atoms with Crippen molar-refractivity contribution in [2.45, 2.75) is 32.2 Å². The van der Waals surface area contributed by atoms with E-state index in [-0.39, 0.29) is 0 Å². The Kier molecular flexibility index (Phi) is 6.14. The molecule has 1 aromatic rings. The van der Waals surface area contributed by atoms with E-state index in [4.69, 9.17) is 11.6 Å². The first-order chi connectivity index (χ1) is 9.22. The van der Waals surface area contributed by atoms with Gasteiger partial charge in [0.25, 0.3) is 0 Å². The van der Waals surface area contributed by atoms with Crippen molar-refractivity contribution in [2.24, 2.45) is 0 Å². The van der Waals surface area contributed by atoms with Crippen LogP contribution in [0.4, 0.5) is 0 Å². The lowest BCUT2D eigenvalue weighted by molar-refractivity contribution is 0.162. The molecule has 0 aliphatic carbocycles. The van der Waals surface area contributed by atoms with Crippen LogP contribution in [0.5, 0.6) is 0 Å². The number of nitrogens with one attached hydrogen (secondary N) is 1. The maximum Gasteiger partial charge on any atom is 0.0417 e. The van der Waals surface area contributed by atoms with Crippen LogP contribution < -0.4 is 5.32 Å². The third-order valence-corrected chi connectivity index (χ3v) is 4.67. The summed E-state index contributed by atoms with van der Waals surface area (Å²) >= 11 is 9.74. The van der Waals surface area contributed by atoms with Crippen LogP contribution in [0, 0.1) is 0 Å². The van der Waals surface area contributed by atoms with Crippen LogP contribution in [-0.4, -0.2) is 31.1 Å². The van der Waals surface area contributed by atoms with E-state index in [0.29, 0.717) is 6.04 Å². The Balaban J connectivity index is 2.19. The average Bonchev–Trinajstić information content (AvgIpc) is 2.42. The molecule has 1 N–H and O–H groups in total. The van der Waals surface area contributed by atoms with Crippen LogP contribution in [0.1, 0.15) is 37.8 Å². The predicted octanol–water partition coefficient (Wildman–Crippen LogP) is 4.24. The van der Waals surface area contributed by atoms with Crippen molar-refractivity contribution in [1.29, 1.82) is 0 Å². The molecule has 1 heterocycles. The standard InChI is InChI=1S/C15H22BrClN2/c1-2-3-4-15(19-9-7-18-8-10-19)13-6-5-12(17)11-14(13)16/h5-6,11,15,18H,2-4,7-10H2,1H3/t15-/m1/s1. The zero-order valence-electron chi connectivity index (χ0n) is 11.5. The van der Waals surface area contributed by atoms with E-state index in [1.165, 1.54) is 24.8 Å². The molecule has 1 atom stereocenters. The molecule has 0 amide bonds. The smallest absolute Gasteiger partial charge is 0.0417 e. The van der Waals surface area contributed by atoms with Crippen LogP contribution in [0.15, 0.2) is 22.7 Å². The molecule has 19 heavy (non-hydrogen) atoms. The Morgan fingerprint density at radius 2 is 2.11 bits per heavy atom. The van der Waals surface area contributed by atoms with Gasteiger partial charge in [-0.1, -0.05) is 53.4 Å². The van der Waals surface area contributed by atoms with Gasteiger partial charge >= 0.3 is 0 Å². The van der Waals surface area contributed by atoms with Gasteiger partial charge in [-0.15, -0.1) is 0 Å². The quantitative estimate of drug-likeness (QED) is 0.858. The van der Waals surface area contributed by atoms with Crippen LogP contribution in [0.25, 0.3) is 0 Å². The highest BCUT2D eigenvalue weighted by atomic mass is 79.9. The minimum atomic E-state index is 0.508. The summed E-state index contributed by atoms with van der Waals surface area (Å²) in [5.74, 6) is 0. The molecule has 1 aliphatic rings. The van der Waals surface area contributed by atoms with E-state index < -0.39 is 0 Å². The minimum Gasteiger partial charge on any atom is -0.314 e. The Morgan fingerprint density at radius 3 is 2.74 bits per heavy atom. The summed E-state index contributed by atoms with van der Waals surface area (Å²) in [7, 11) is 0. The number of hydrogen-bond donors (Lipinski definition) is 1. The number of rotatable bonds is 5. The van der Waals surface area contributed by atoms with E-state index in [2.05, 4.69) is 39.1 Å². The Hall–Kier alpha value is -0.0900. The fraction of sp³-hybridized carbons (Fsp3) is 0.600. The molecular weight excluding hydrogens is 324 g/mol. The summed E-state index contributed by atoms with van der Waals surface area (Å²) in [5, 5.41) is 4.22. The average molecular weight is 346 g/mol. The molecule has 0 bridgehead atoms. The summed E-state index contributed by atoms with van der Waals surface area (Å²) in [6.07, 6.45) is 3.73. The molecule has 0 spiro atoms. The summed E-state index contributed by atoms with van der Waals surface area (Å²) in [6.45, 7) is 6.69. The zero-order valence-corrected chi connectivity index (χ0v) is 13.8. The molecule has 0 saturated carbocycles. The number of benzene rings is 1. The van der Waals surface area contributed by atoms with Crippen molar-refractivity contribution in [3.8, 4) is 0 Å². The lowest BCUT2D eigenvalue weighted by Crippen LogP contribution is -2.45. The van der Waals surface area contributed by atoms with E-state index in [1.807, 2.05) is 12.1 Å². The van der Waals surface area contributed by atoms with Crippen LogP contribution in [-0.2, 0) is 0 Å². The molecule has 0 unspecified atom stereocenters. The van der Waals surface area contributed by atoms with Crippen LogP contribution in [0.2, 0.25) is 5.02 Å². The van der Waals surface area contributed by atoms with Gasteiger partial charge in [0.15, 0.2) is 0 Å².